The van der Waals surface area contributed by atoms with Gasteiger partial charge in [0, 0.05) is 18.3 Å². The molecule has 2 aromatic rings. The Bertz CT molecular complexity index is 640. The Kier molecular flexibility index (Phi) is 3.83. The van der Waals surface area contributed by atoms with E-state index in [1.54, 1.807) is 0 Å². The van der Waals surface area contributed by atoms with E-state index in [0.29, 0.717) is 5.92 Å². The molecule has 3 rings (SSSR count). The second-order valence-corrected chi connectivity index (χ2v) is 6.06. The first kappa shape index (κ1) is 14.3. The lowest BCUT2D eigenvalue weighted by molar-refractivity contribution is 0.414. The normalized spacial score (nSPS) is 16.8. The second kappa shape index (κ2) is 5.62. The minimum absolute atomic E-state index is 0.00972. The van der Waals surface area contributed by atoms with Crippen molar-refractivity contribution in [3.05, 3.63) is 52.3 Å². The molecule has 4 nitrogen and oxygen atoms in total. The molecular formula is C17H24N4. The molecule has 1 fully saturated rings. The molecule has 4 heteroatoms. The largest absolute Gasteiger partial charge is 0.272 e. The summed E-state index contributed by atoms with van der Waals surface area (Å²) in [5.74, 6) is 6.61. The van der Waals surface area contributed by atoms with Gasteiger partial charge in [-0.25, -0.2) is 5.43 Å². The fourth-order valence-corrected chi connectivity index (χ4v) is 3.40. The Morgan fingerprint density at radius 1 is 1.29 bits per heavy atom. The van der Waals surface area contributed by atoms with Gasteiger partial charge in [-0.3, -0.25) is 10.5 Å². The van der Waals surface area contributed by atoms with E-state index in [1.807, 2.05) is 11.7 Å². The maximum Gasteiger partial charge on any atom is 0.0748 e. The quantitative estimate of drug-likeness (QED) is 0.670. The summed E-state index contributed by atoms with van der Waals surface area (Å²) in [5, 5.41) is 4.53. The number of aromatic nitrogens is 2. The van der Waals surface area contributed by atoms with Crippen LogP contribution in [0.25, 0.3) is 0 Å². The molecule has 0 aliphatic heterocycles. The minimum Gasteiger partial charge on any atom is -0.272 e. The third-order valence-electron chi connectivity index (χ3n) is 4.87. The number of aryl methyl sites for hydroxylation is 2. The van der Waals surface area contributed by atoms with Crippen LogP contribution in [0.2, 0.25) is 0 Å². The van der Waals surface area contributed by atoms with Crippen molar-refractivity contribution in [2.75, 3.05) is 0 Å². The van der Waals surface area contributed by atoms with E-state index in [2.05, 4.69) is 48.6 Å². The van der Waals surface area contributed by atoms with E-state index < -0.39 is 0 Å². The zero-order valence-electron chi connectivity index (χ0n) is 13.1. The summed E-state index contributed by atoms with van der Waals surface area (Å²) in [6.45, 7) is 4.16. The number of rotatable bonds is 4. The average Bonchev–Trinajstić information content (AvgIpc) is 2.66. The smallest absolute Gasteiger partial charge is 0.0748 e. The molecule has 0 radical (unpaired) electrons. The van der Waals surface area contributed by atoms with E-state index >= 15 is 0 Å². The molecule has 1 aromatic carbocycles. The first-order valence-corrected chi connectivity index (χ1v) is 7.68. The van der Waals surface area contributed by atoms with E-state index in [1.165, 1.54) is 41.6 Å². The zero-order valence-corrected chi connectivity index (χ0v) is 13.1. The van der Waals surface area contributed by atoms with Crippen LogP contribution in [0.3, 0.4) is 0 Å². The van der Waals surface area contributed by atoms with Crippen molar-refractivity contribution in [1.29, 1.82) is 0 Å². The molecule has 0 spiro atoms. The molecular weight excluding hydrogens is 260 g/mol. The Labute approximate surface area is 126 Å². The van der Waals surface area contributed by atoms with Gasteiger partial charge in [-0.15, -0.1) is 0 Å². The van der Waals surface area contributed by atoms with Gasteiger partial charge >= 0.3 is 0 Å². The predicted molar refractivity (Wildman–Crippen MR) is 84.9 cm³/mol. The topological polar surface area (TPSA) is 55.9 Å². The fourth-order valence-electron chi connectivity index (χ4n) is 3.40. The van der Waals surface area contributed by atoms with Crippen LogP contribution in [0.15, 0.2) is 24.3 Å². The molecule has 1 unspecified atom stereocenters. The van der Waals surface area contributed by atoms with Crippen molar-refractivity contribution in [1.82, 2.24) is 15.2 Å². The third-order valence-corrected chi connectivity index (χ3v) is 4.87. The summed E-state index contributed by atoms with van der Waals surface area (Å²) in [7, 11) is 1.98. The van der Waals surface area contributed by atoms with Gasteiger partial charge in [-0.05, 0) is 43.7 Å². The highest BCUT2D eigenvalue weighted by Crippen LogP contribution is 2.41. The first-order valence-electron chi connectivity index (χ1n) is 7.68. The van der Waals surface area contributed by atoms with Crippen molar-refractivity contribution in [2.24, 2.45) is 12.9 Å². The summed E-state index contributed by atoms with van der Waals surface area (Å²) >= 11 is 0. The molecule has 1 aromatic heterocycles. The maximum atomic E-state index is 5.93. The average molecular weight is 284 g/mol. The molecule has 1 saturated carbocycles. The van der Waals surface area contributed by atoms with Crippen LogP contribution >= 0.6 is 0 Å². The summed E-state index contributed by atoms with van der Waals surface area (Å²) in [6, 6.07) is 8.70. The van der Waals surface area contributed by atoms with Crippen molar-refractivity contribution in [2.45, 2.75) is 45.1 Å². The Hall–Kier alpha value is -1.65. The molecule has 1 atom stereocenters. The van der Waals surface area contributed by atoms with Gasteiger partial charge in [-0.2, -0.15) is 5.10 Å². The number of hydrazine groups is 1. The molecule has 1 aliphatic rings. The van der Waals surface area contributed by atoms with E-state index in [0.717, 1.165) is 5.69 Å². The highest BCUT2D eigenvalue weighted by atomic mass is 15.3. The minimum atomic E-state index is 0.00972. The number of nitrogens with two attached hydrogens (primary N) is 1. The second-order valence-electron chi connectivity index (χ2n) is 6.06. The summed E-state index contributed by atoms with van der Waals surface area (Å²) in [4.78, 5) is 0. The number of hydrogen-bond donors (Lipinski definition) is 2. The summed E-state index contributed by atoms with van der Waals surface area (Å²) in [6.07, 6.45) is 3.92. The van der Waals surface area contributed by atoms with Crippen LogP contribution in [0.1, 0.15) is 59.3 Å². The summed E-state index contributed by atoms with van der Waals surface area (Å²) < 4.78 is 1.93. The number of benzene rings is 1. The van der Waals surface area contributed by atoms with Gasteiger partial charge in [0.2, 0.25) is 0 Å². The SMILES string of the molecule is Cc1nn(C)c(C)c1C(NN)c1ccccc1C1CCC1. The van der Waals surface area contributed by atoms with Gasteiger partial charge in [-0.1, -0.05) is 30.7 Å². The zero-order chi connectivity index (χ0) is 15.0. The molecule has 112 valence electrons. The lowest BCUT2D eigenvalue weighted by atomic mass is 9.76. The molecule has 1 aliphatic carbocycles. The van der Waals surface area contributed by atoms with Gasteiger partial charge in [0.25, 0.3) is 0 Å². The van der Waals surface area contributed by atoms with Gasteiger partial charge < -0.3 is 0 Å². The molecule has 21 heavy (non-hydrogen) atoms. The van der Waals surface area contributed by atoms with E-state index in [4.69, 9.17) is 5.84 Å². The number of nitrogens with one attached hydrogen (secondary N) is 1. The van der Waals surface area contributed by atoms with Crippen LogP contribution < -0.4 is 11.3 Å². The summed E-state index contributed by atoms with van der Waals surface area (Å²) in [5.41, 5.74) is 9.16. The van der Waals surface area contributed by atoms with Crippen molar-refractivity contribution in [3.63, 3.8) is 0 Å². The molecule has 3 N–H and O–H groups in total. The Balaban J connectivity index is 2.08. The third kappa shape index (κ3) is 2.39. The van der Waals surface area contributed by atoms with Crippen LogP contribution in [-0.4, -0.2) is 9.78 Å². The Morgan fingerprint density at radius 2 is 2.00 bits per heavy atom. The lowest BCUT2D eigenvalue weighted by Crippen LogP contribution is -2.31. The van der Waals surface area contributed by atoms with Gasteiger partial charge in [0.05, 0.1) is 11.7 Å². The Morgan fingerprint density at radius 3 is 2.52 bits per heavy atom. The molecule has 0 bridgehead atoms. The van der Waals surface area contributed by atoms with E-state index in [9.17, 15) is 0 Å². The highest BCUT2D eigenvalue weighted by Gasteiger charge is 2.27. The van der Waals surface area contributed by atoms with Crippen molar-refractivity contribution in [3.8, 4) is 0 Å². The van der Waals surface area contributed by atoms with E-state index in [-0.39, 0.29) is 6.04 Å². The van der Waals surface area contributed by atoms with Crippen molar-refractivity contribution < 1.29 is 0 Å². The molecule has 0 saturated heterocycles. The van der Waals surface area contributed by atoms with Gasteiger partial charge in [0.15, 0.2) is 0 Å². The number of nitrogens with zero attached hydrogens (tertiary/aromatic N) is 2. The molecule has 0 amide bonds. The van der Waals surface area contributed by atoms with Crippen LogP contribution in [-0.2, 0) is 7.05 Å². The predicted octanol–water partition coefficient (Wildman–Crippen LogP) is 2.86. The van der Waals surface area contributed by atoms with Crippen LogP contribution in [0, 0.1) is 13.8 Å². The highest BCUT2D eigenvalue weighted by molar-refractivity contribution is 5.42. The van der Waals surface area contributed by atoms with Crippen LogP contribution in [0.4, 0.5) is 0 Å². The molecule has 1 heterocycles. The monoisotopic (exact) mass is 284 g/mol. The maximum absolute atomic E-state index is 5.93. The van der Waals surface area contributed by atoms with Crippen molar-refractivity contribution >= 4 is 0 Å². The van der Waals surface area contributed by atoms with Crippen LogP contribution in [0.5, 0.6) is 0 Å². The lowest BCUT2D eigenvalue weighted by Gasteiger charge is -2.30. The standard InChI is InChI=1S/C17H24N4/c1-11-16(12(2)21(3)20-11)17(19-18)15-10-5-4-9-14(15)13-7-6-8-13/h4-5,9-10,13,17,19H,6-8,18H2,1-3H3. The fraction of sp³-hybridized carbons (Fsp3) is 0.471. The first-order chi connectivity index (χ1) is 10.1. The van der Waals surface area contributed by atoms with Gasteiger partial charge in [0.1, 0.15) is 0 Å². The number of hydrogen-bond acceptors (Lipinski definition) is 3.